The van der Waals surface area contributed by atoms with Gasteiger partial charge in [-0.2, -0.15) is 0 Å². The zero-order chi connectivity index (χ0) is 11.4. The molecule has 1 N–H and O–H groups in total. The van der Waals surface area contributed by atoms with Crippen LogP contribution in [0.25, 0.3) is 10.8 Å². The molecule has 0 saturated carbocycles. The van der Waals surface area contributed by atoms with E-state index in [0.29, 0.717) is 5.82 Å². The first-order valence-electron chi connectivity index (χ1n) is 5.29. The predicted octanol–water partition coefficient (Wildman–Crippen LogP) is 2.73. The Morgan fingerprint density at radius 3 is 2.94 bits per heavy atom. The molecule has 0 atom stereocenters. The van der Waals surface area contributed by atoms with Gasteiger partial charge in [-0.05, 0) is 13.3 Å². The first-order valence-corrected chi connectivity index (χ1v) is 6.17. The van der Waals surface area contributed by atoms with Crippen molar-refractivity contribution in [1.29, 1.82) is 0 Å². The Kier molecular flexibility index (Phi) is 3.46. The highest BCUT2D eigenvalue weighted by atomic mass is 32.1. The van der Waals surface area contributed by atoms with E-state index in [9.17, 15) is 0 Å². The molecule has 0 spiro atoms. The number of thiazole rings is 1. The second-order valence-corrected chi connectivity index (χ2v) is 4.38. The summed E-state index contributed by atoms with van der Waals surface area (Å²) in [6.45, 7) is 5.02. The standard InChI is InChI=1S/C11H14N4S/c1-3-4-12-9-7-8(2)14-10(15-9)11-13-5-6-16-11/h5-7H,3-4H2,1-2H3,(H,12,14,15). The van der Waals surface area contributed by atoms with Crippen molar-refractivity contribution < 1.29 is 0 Å². The molecule has 5 heteroatoms. The van der Waals surface area contributed by atoms with Gasteiger partial charge in [0.15, 0.2) is 10.8 Å². The maximum absolute atomic E-state index is 4.44. The van der Waals surface area contributed by atoms with Crippen LogP contribution >= 0.6 is 11.3 Å². The van der Waals surface area contributed by atoms with Gasteiger partial charge in [-0.25, -0.2) is 15.0 Å². The largest absolute Gasteiger partial charge is 0.370 e. The molecule has 4 nitrogen and oxygen atoms in total. The Morgan fingerprint density at radius 2 is 2.25 bits per heavy atom. The van der Waals surface area contributed by atoms with Crippen molar-refractivity contribution in [2.24, 2.45) is 0 Å². The van der Waals surface area contributed by atoms with Gasteiger partial charge in [-0.15, -0.1) is 11.3 Å². The SMILES string of the molecule is CCCNc1cc(C)nc(-c2nccs2)n1. The lowest BCUT2D eigenvalue weighted by Crippen LogP contribution is -2.04. The van der Waals surface area contributed by atoms with Crippen LogP contribution in [0.1, 0.15) is 19.0 Å². The number of nitrogens with one attached hydrogen (secondary N) is 1. The lowest BCUT2D eigenvalue weighted by molar-refractivity contribution is 0.962. The fourth-order valence-electron chi connectivity index (χ4n) is 1.34. The number of anilines is 1. The van der Waals surface area contributed by atoms with Gasteiger partial charge in [0.05, 0.1) is 0 Å². The van der Waals surface area contributed by atoms with Crippen molar-refractivity contribution >= 4 is 17.2 Å². The van der Waals surface area contributed by atoms with E-state index in [-0.39, 0.29) is 0 Å². The molecule has 0 aromatic carbocycles. The Hall–Kier alpha value is -1.49. The van der Waals surface area contributed by atoms with Crippen LogP contribution in [0.15, 0.2) is 17.6 Å². The summed E-state index contributed by atoms with van der Waals surface area (Å²) in [4.78, 5) is 13.0. The topological polar surface area (TPSA) is 50.7 Å². The maximum atomic E-state index is 4.44. The van der Waals surface area contributed by atoms with E-state index in [1.807, 2.05) is 18.4 Å². The van der Waals surface area contributed by atoms with E-state index in [2.05, 4.69) is 27.2 Å². The van der Waals surface area contributed by atoms with Gasteiger partial charge in [0.1, 0.15) is 5.82 Å². The van der Waals surface area contributed by atoms with Crippen molar-refractivity contribution in [3.05, 3.63) is 23.3 Å². The van der Waals surface area contributed by atoms with Crippen LogP contribution in [0.5, 0.6) is 0 Å². The van der Waals surface area contributed by atoms with Gasteiger partial charge in [0.25, 0.3) is 0 Å². The monoisotopic (exact) mass is 234 g/mol. The highest BCUT2D eigenvalue weighted by molar-refractivity contribution is 7.12. The summed E-state index contributed by atoms with van der Waals surface area (Å²) in [5.41, 5.74) is 0.957. The fourth-order valence-corrected chi connectivity index (χ4v) is 1.91. The molecule has 2 aromatic rings. The molecular formula is C11H14N4S. The second kappa shape index (κ2) is 5.03. The third-order valence-corrected chi connectivity index (χ3v) is 2.80. The number of aromatic nitrogens is 3. The summed E-state index contributed by atoms with van der Waals surface area (Å²) in [7, 11) is 0. The van der Waals surface area contributed by atoms with Crippen molar-refractivity contribution in [2.45, 2.75) is 20.3 Å². The number of nitrogens with zero attached hydrogens (tertiary/aromatic N) is 3. The average Bonchev–Trinajstić information content (AvgIpc) is 2.79. The van der Waals surface area contributed by atoms with Gasteiger partial charge in [-0.1, -0.05) is 6.92 Å². The molecule has 0 bridgehead atoms. The van der Waals surface area contributed by atoms with Crippen LogP contribution in [0, 0.1) is 6.92 Å². The number of hydrogen-bond acceptors (Lipinski definition) is 5. The first-order chi connectivity index (χ1) is 7.79. The van der Waals surface area contributed by atoms with Gasteiger partial charge in [-0.3, -0.25) is 0 Å². The van der Waals surface area contributed by atoms with Crippen molar-refractivity contribution in [3.63, 3.8) is 0 Å². The highest BCUT2D eigenvalue weighted by Crippen LogP contribution is 2.19. The Morgan fingerprint density at radius 1 is 1.38 bits per heavy atom. The Bertz CT molecular complexity index is 453. The van der Waals surface area contributed by atoms with Gasteiger partial charge < -0.3 is 5.32 Å². The molecule has 0 aliphatic carbocycles. The van der Waals surface area contributed by atoms with Crippen LogP contribution in [0.2, 0.25) is 0 Å². The van der Waals surface area contributed by atoms with Crippen LogP contribution in [-0.2, 0) is 0 Å². The minimum absolute atomic E-state index is 0.702. The van der Waals surface area contributed by atoms with Gasteiger partial charge in [0.2, 0.25) is 0 Å². The molecule has 0 aliphatic heterocycles. The van der Waals surface area contributed by atoms with Crippen molar-refractivity contribution in [2.75, 3.05) is 11.9 Å². The summed E-state index contributed by atoms with van der Waals surface area (Å²) < 4.78 is 0. The van der Waals surface area contributed by atoms with E-state index in [1.165, 1.54) is 0 Å². The van der Waals surface area contributed by atoms with Crippen LogP contribution in [0.3, 0.4) is 0 Å². The predicted molar refractivity (Wildman–Crippen MR) is 66.7 cm³/mol. The van der Waals surface area contributed by atoms with E-state index in [4.69, 9.17) is 0 Å². The summed E-state index contributed by atoms with van der Waals surface area (Å²) in [6, 6.07) is 1.95. The molecule has 0 radical (unpaired) electrons. The van der Waals surface area contributed by atoms with E-state index in [1.54, 1.807) is 17.5 Å². The molecule has 2 aromatic heterocycles. The molecule has 0 saturated heterocycles. The summed E-state index contributed by atoms with van der Waals surface area (Å²) in [6.07, 6.45) is 2.85. The van der Waals surface area contributed by atoms with Crippen molar-refractivity contribution in [1.82, 2.24) is 15.0 Å². The van der Waals surface area contributed by atoms with Crippen LogP contribution < -0.4 is 5.32 Å². The number of hydrogen-bond donors (Lipinski definition) is 1. The molecule has 16 heavy (non-hydrogen) atoms. The third-order valence-electron chi connectivity index (χ3n) is 2.03. The lowest BCUT2D eigenvalue weighted by Gasteiger charge is -2.05. The molecule has 2 heterocycles. The molecule has 0 aliphatic rings. The molecule has 0 fully saturated rings. The lowest BCUT2D eigenvalue weighted by atomic mass is 10.4. The third kappa shape index (κ3) is 2.55. The molecule has 0 unspecified atom stereocenters. The van der Waals surface area contributed by atoms with E-state index < -0.39 is 0 Å². The molecule has 0 amide bonds. The van der Waals surface area contributed by atoms with E-state index >= 15 is 0 Å². The number of rotatable bonds is 4. The summed E-state index contributed by atoms with van der Waals surface area (Å²) >= 11 is 1.55. The second-order valence-electron chi connectivity index (χ2n) is 3.48. The summed E-state index contributed by atoms with van der Waals surface area (Å²) in [5.74, 6) is 1.58. The van der Waals surface area contributed by atoms with Crippen LogP contribution in [-0.4, -0.2) is 21.5 Å². The minimum atomic E-state index is 0.702. The zero-order valence-electron chi connectivity index (χ0n) is 9.40. The molecule has 84 valence electrons. The zero-order valence-corrected chi connectivity index (χ0v) is 10.2. The fraction of sp³-hybridized carbons (Fsp3) is 0.364. The normalized spacial score (nSPS) is 10.4. The molecule has 2 rings (SSSR count). The van der Waals surface area contributed by atoms with Crippen LogP contribution in [0.4, 0.5) is 5.82 Å². The van der Waals surface area contributed by atoms with Gasteiger partial charge in [0, 0.05) is 29.9 Å². The maximum Gasteiger partial charge on any atom is 0.190 e. The highest BCUT2D eigenvalue weighted by Gasteiger charge is 2.06. The number of aryl methyl sites for hydroxylation is 1. The average molecular weight is 234 g/mol. The Labute approximate surface area is 98.8 Å². The van der Waals surface area contributed by atoms with Gasteiger partial charge >= 0.3 is 0 Å². The minimum Gasteiger partial charge on any atom is -0.370 e. The Balaban J connectivity index is 2.29. The quantitative estimate of drug-likeness (QED) is 0.883. The first kappa shape index (κ1) is 11.0. The summed E-state index contributed by atoms with van der Waals surface area (Å²) in [5, 5.41) is 6.06. The smallest absolute Gasteiger partial charge is 0.190 e. The molecular weight excluding hydrogens is 220 g/mol. The van der Waals surface area contributed by atoms with E-state index in [0.717, 1.165) is 29.5 Å². The van der Waals surface area contributed by atoms with Crippen molar-refractivity contribution in [3.8, 4) is 10.8 Å².